The molecule has 3 aromatic carbocycles. The van der Waals surface area contributed by atoms with E-state index in [1.165, 1.54) is 6.07 Å². The van der Waals surface area contributed by atoms with Crippen LogP contribution in [0.25, 0.3) is 22.1 Å². The van der Waals surface area contributed by atoms with Crippen molar-refractivity contribution in [3.63, 3.8) is 0 Å². The van der Waals surface area contributed by atoms with Gasteiger partial charge < -0.3 is 74.1 Å². The fraction of sp³-hybridized carbons (Fsp3) is 0.463. The zero-order valence-corrected chi connectivity index (χ0v) is 56.9. The van der Waals surface area contributed by atoms with Crippen LogP contribution in [0.15, 0.2) is 76.7 Å². The van der Waals surface area contributed by atoms with E-state index in [-0.39, 0.29) is 157 Å². The molecule has 1 unspecified atom stereocenters. The number of hydrogen-bond acceptors (Lipinski definition) is 19. The molecule has 33 heteroatoms. The minimum atomic E-state index is -1.06. The fourth-order valence-corrected chi connectivity index (χ4v) is 11.7. The molecule has 1 saturated heterocycles. The van der Waals surface area contributed by atoms with E-state index in [1.54, 1.807) is 107 Å². The summed E-state index contributed by atoms with van der Waals surface area (Å²) in [4.78, 5) is 139. The molecule has 1 atom stereocenters. The Bertz CT molecular complexity index is 4180. The van der Waals surface area contributed by atoms with Gasteiger partial charge in [-0.2, -0.15) is 20.2 Å². The van der Waals surface area contributed by atoms with E-state index in [0.717, 1.165) is 4.90 Å². The second-order valence-electron chi connectivity index (χ2n) is 23.6. The van der Waals surface area contributed by atoms with Crippen molar-refractivity contribution in [1.82, 2.24) is 58.7 Å². The lowest BCUT2D eigenvalue weighted by molar-refractivity contribution is -0.136. The number of fused-ring (bicyclic) bond motifs is 3. The number of nitrogens with zero attached hydrogens (tertiary/aromatic N) is 11. The number of nitrogens with one attached hydrogen (secondary N) is 4. The van der Waals surface area contributed by atoms with Gasteiger partial charge in [0.2, 0.25) is 46.7 Å². The number of hydrogen-bond donors (Lipinski definition) is 6. The number of ether oxygens (including phenoxy) is 6. The van der Waals surface area contributed by atoms with Gasteiger partial charge in [-0.1, -0.05) is 6.07 Å². The van der Waals surface area contributed by atoms with Crippen LogP contribution < -0.4 is 44.0 Å². The maximum Gasteiger partial charge on any atom is 0.298 e. The Kier molecular flexibility index (Phi) is 25.8. The maximum atomic E-state index is 14.0. The number of amides is 10. The predicted molar refractivity (Wildman–Crippen MR) is 359 cm³/mol. The molecule has 1 fully saturated rings. The second-order valence-corrected chi connectivity index (χ2v) is 23.6. The van der Waals surface area contributed by atoms with Crippen LogP contribution in [-0.4, -0.2) is 206 Å². The Morgan fingerprint density at radius 2 is 1.10 bits per heavy atom. The number of nitrogens with two attached hydrogens (primary N) is 2. The van der Waals surface area contributed by atoms with Crippen molar-refractivity contribution >= 4 is 86.8 Å². The van der Waals surface area contributed by atoms with Crippen molar-refractivity contribution in [2.24, 2.45) is 35.5 Å². The molecule has 0 spiro atoms. The van der Waals surface area contributed by atoms with Crippen molar-refractivity contribution in [2.45, 2.75) is 98.1 Å². The van der Waals surface area contributed by atoms with E-state index in [9.17, 15) is 47.9 Å². The molecular formula is C67H85N17O16. The highest BCUT2D eigenvalue weighted by atomic mass is 16.6. The van der Waals surface area contributed by atoms with Gasteiger partial charge in [-0.05, 0) is 108 Å². The van der Waals surface area contributed by atoms with Gasteiger partial charge in [-0.3, -0.25) is 67.5 Å². The summed E-state index contributed by atoms with van der Waals surface area (Å²) < 4.78 is 44.7. The van der Waals surface area contributed by atoms with E-state index >= 15 is 0 Å². The van der Waals surface area contributed by atoms with Crippen LogP contribution in [0.5, 0.6) is 0 Å². The van der Waals surface area contributed by atoms with Crippen molar-refractivity contribution < 1.29 is 76.4 Å². The number of rotatable bonds is 38. The molecule has 10 amide bonds. The van der Waals surface area contributed by atoms with Crippen LogP contribution in [0, 0.1) is 13.8 Å². The summed E-state index contributed by atoms with van der Waals surface area (Å²) in [6.45, 7) is 11.4. The SMILES string of the molecule is CCn1nc(C)cc1C(=O)N=c1n(C)c2cc(C(N)=O)ccc2n1CCC(CCn1c(=NC(=O)c2cc(C)nn2CC)n(C)c2cc(C(N)=O)ccc21)OCC(=O)NCCOCCOCCOCCOCCC(=O)NCCOCCNc1cccc2c1C(=O)N(C1CCC(=O)NC1=O)C2=O. The van der Waals surface area contributed by atoms with Crippen molar-refractivity contribution in [2.75, 3.05) is 97.6 Å². The lowest BCUT2D eigenvalue weighted by Crippen LogP contribution is -2.54. The summed E-state index contributed by atoms with van der Waals surface area (Å²) in [5, 5.41) is 19.8. The fourth-order valence-electron chi connectivity index (χ4n) is 11.7. The van der Waals surface area contributed by atoms with Gasteiger partial charge in [0.05, 0.1) is 117 Å². The Morgan fingerprint density at radius 1 is 0.610 bits per heavy atom. The minimum absolute atomic E-state index is 0.0243. The van der Waals surface area contributed by atoms with Crippen LogP contribution >= 0.6 is 0 Å². The first-order chi connectivity index (χ1) is 48.2. The van der Waals surface area contributed by atoms with Crippen LogP contribution in [0.2, 0.25) is 0 Å². The highest BCUT2D eigenvalue weighted by Gasteiger charge is 2.45. The number of benzene rings is 3. The third kappa shape index (κ3) is 18.3. The molecule has 33 nitrogen and oxygen atoms in total. The van der Waals surface area contributed by atoms with E-state index in [1.807, 2.05) is 23.0 Å². The maximum absolute atomic E-state index is 14.0. The Labute approximate surface area is 574 Å². The lowest BCUT2D eigenvalue weighted by atomic mass is 10.0. The molecule has 100 heavy (non-hydrogen) atoms. The van der Waals surface area contributed by atoms with Crippen molar-refractivity contribution in [3.05, 3.63) is 123 Å². The van der Waals surface area contributed by atoms with Crippen molar-refractivity contribution in [1.29, 1.82) is 0 Å². The van der Waals surface area contributed by atoms with E-state index in [4.69, 9.17) is 39.9 Å². The first-order valence-electron chi connectivity index (χ1n) is 33.0. The third-order valence-electron chi connectivity index (χ3n) is 16.7. The smallest absolute Gasteiger partial charge is 0.298 e. The molecule has 0 saturated carbocycles. The van der Waals surface area contributed by atoms with Crippen LogP contribution in [0.1, 0.15) is 120 Å². The zero-order chi connectivity index (χ0) is 71.6. The quantitative estimate of drug-likeness (QED) is 0.0233. The summed E-state index contributed by atoms with van der Waals surface area (Å²) in [5.74, 6) is -5.32. The summed E-state index contributed by atoms with van der Waals surface area (Å²) in [5.41, 5.74) is 17.5. The molecule has 7 aromatic rings. The van der Waals surface area contributed by atoms with Crippen molar-refractivity contribution in [3.8, 4) is 0 Å². The van der Waals surface area contributed by atoms with Gasteiger partial charge in [-0.25, -0.2) is 0 Å². The minimum Gasteiger partial charge on any atom is -0.382 e. The van der Waals surface area contributed by atoms with Crippen LogP contribution in [-0.2, 0) is 87.9 Å². The van der Waals surface area contributed by atoms with Gasteiger partial charge >= 0.3 is 0 Å². The molecule has 4 aromatic heterocycles. The molecular weight excluding hydrogens is 1300 g/mol. The third-order valence-corrected chi connectivity index (χ3v) is 16.7. The summed E-state index contributed by atoms with van der Waals surface area (Å²) in [6.07, 6.45) is 0.0726. The Hall–Kier alpha value is -10.3. The lowest BCUT2D eigenvalue weighted by Gasteiger charge is -2.27. The molecule has 0 aliphatic carbocycles. The average Bonchev–Trinajstić information content (AvgIpc) is 1.63. The summed E-state index contributed by atoms with van der Waals surface area (Å²) >= 11 is 0. The molecule has 9 rings (SSSR count). The number of anilines is 1. The first kappa shape index (κ1) is 73.9. The number of piperidine rings is 1. The summed E-state index contributed by atoms with van der Waals surface area (Å²) in [6, 6.07) is 17.0. The van der Waals surface area contributed by atoms with Gasteiger partial charge in [-0.15, -0.1) is 0 Å². The number of carbonyl (C=O) groups is 10. The molecule has 8 N–H and O–H groups in total. The molecule has 6 heterocycles. The monoisotopic (exact) mass is 1380 g/mol. The van der Waals surface area contributed by atoms with E-state index in [2.05, 4.69) is 41.4 Å². The van der Waals surface area contributed by atoms with Gasteiger partial charge in [0.25, 0.3) is 23.6 Å². The second kappa shape index (κ2) is 34.9. The van der Waals surface area contributed by atoms with Gasteiger partial charge in [0.15, 0.2) is 0 Å². The highest BCUT2D eigenvalue weighted by molar-refractivity contribution is 6.25. The van der Waals surface area contributed by atoms with E-state index < -0.39 is 65.3 Å². The molecule has 0 radical (unpaired) electrons. The van der Waals surface area contributed by atoms with Gasteiger partial charge in [0.1, 0.15) is 24.0 Å². The molecule has 0 bridgehead atoms. The summed E-state index contributed by atoms with van der Waals surface area (Å²) in [7, 11) is 3.46. The number of aryl methyl sites for hydroxylation is 8. The largest absolute Gasteiger partial charge is 0.382 e. The molecule has 534 valence electrons. The number of primary amides is 2. The highest BCUT2D eigenvalue weighted by Crippen LogP contribution is 2.32. The molecule has 2 aliphatic heterocycles. The average molecular weight is 1380 g/mol. The standard InChI is InChI=1S/C67H85N17O16/c1-7-82-53(36-41(3)76-82)62(91)74-66-78(5)51-38-43(59(68)88)12-14-48(51)80(66)24-18-45(19-25-81-49-15-13-44(60(69)89)39-52(49)79(6)67(81)75-63(92)54-37-42(4)77-83(54)8-2)100-40-57(87)72-23-29-97-31-33-99-35-34-98-32-30-95-26-20-55(85)71-22-28-96-27-21-70-47-11-9-10-46-58(47)65(94)84(64(46)93)50-16-17-56(86)73-61(50)90/h9-15,36-39,45,50,70H,7-8,16-35,40H2,1-6H3,(H2,68,88)(H2,69,89)(H,71,85)(H,72,87)(H,73,86,90). The topological polar surface area (TPSA) is 410 Å². The molecule has 2 aliphatic rings. The van der Waals surface area contributed by atoms with Crippen LogP contribution in [0.3, 0.4) is 0 Å². The number of imide groups is 2. The van der Waals surface area contributed by atoms with E-state index in [0.29, 0.717) is 83.4 Å². The van der Waals surface area contributed by atoms with Crippen LogP contribution in [0.4, 0.5) is 5.69 Å². The number of imidazole rings is 2. The zero-order valence-electron chi connectivity index (χ0n) is 56.9. The number of aromatic nitrogens is 8. The normalized spacial score (nSPS) is 14.5. The number of carbonyl (C=O) groups excluding carboxylic acids is 10. The first-order valence-corrected chi connectivity index (χ1v) is 33.0. The predicted octanol–water partition coefficient (Wildman–Crippen LogP) is 1.09. The Morgan fingerprint density at radius 3 is 1.61 bits per heavy atom. The Balaban J connectivity index is 0.703. The van der Waals surface area contributed by atoms with Gasteiger partial charge in [0, 0.05) is 89.6 Å².